The van der Waals surface area contributed by atoms with Crippen molar-refractivity contribution in [2.24, 2.45) is 0 Å². The largest absolute Gasteiger partial charge is 0.377 e. The molecule has 0 radical (unpaired) electrons. The van der Waals surface area contributed by atoms with Gasteiger partial charge in [-0.2, -0.15) is 0 Å². The minimum Gasteiger partial charge on any atom is -0.377 e. The molecule has 0 aliphatic heterocycles. The van der Waals surface area contributed by atoms with Crippen LogP contribution in [0.25, 0.3) is 0 Å². The Morgan fingerprint density at radius 3 is 2.90 bits per heavy atom. The number of carbonyl (C=O) groups excluding carboxylic acids is 1. The second-order valence-electron chi connectivity index (χ2n) is 2.16. The molecule has 0 spiro atoms. The van der Waals surface area contributed by atoms with Gasteiger partial charge in [0.05, 0.1) is 12.7 Å². The normalized spacial score (nSPS) is 12.6. The molecule has 0 aromatic rings. The lowest BCUT2D eigenvalue weighted by Gasteiger charge is -2.08. The molecule has 0 fully saturated rings. The van der Waals surface area contributed by atoms with Gasteiger partial charge < -0.3 is 10.1 Å². The molecule has 0 rings (SSSR count). The van der Waals surface area contributed by atoms with Crippen molar-refractivity contribution >= 4 is 6.41 Å². The molecule has 3 nitrogen and oxygen atoms in total. The number of ether oxygens (including phenoxy) is 1. The Hall–Kier alpha value is -0.570. The molecular weight excluding hydrogens is 130 g/mol. The van der Waals surface area contributed by atoms with Gasteiger partial charge in [0.15, 0.2) is 0 Å². The quantitative estimate of drug-likeness (QED) is 0.438. The number of hydrogen-bond donors (Lipinski definition) is 1. The molecule has 1 amide bonds. The summed E-state index contributed by atoms with van der Waals surface area (Å²) in [7, 11) is 0. The Morgan fingerprint density at radius 1 is 1.70 bits per heavy atom. The van der Waals surface area contributed by atoms with Crippen LogP contribution in [0.3, 0.4) is 0 Å². The van der Waals surface area contributed by atoms with E-state index in [1.165, 1.54) is 0 Å². The van der Waals surface area contributed by atoms with Crippen molar-refractivity contribution in [3.63, 3.8) is 0 Å². The summed E-state index contributed by atoms with van der Waals surface area (Å²) in [5, 5.41) is 2.52. The summed E-state index contributed by atoms with van der Waals surface area (Å²) in [6.07, 6.45) is 1.99. The van der Waals surface area contributed by atoms with Crippen molar-refractivity contribution in [2.75, 3.05) is 13.2 Å². The molecule has 60 valence electrons. The van der Waals surface area contributed by atoms with Crippen LogP contribution in [-0.4, -0.2) is 25.7 Å². The van der Waals surface area contributed by atoms with E-state index in [0.29, 0.717) is 25.7 Å². The maximum absolute atomic E-state index is 9.75. The van der Waals surface area contributed by atoms with E-state index in [4.69, 9.17) is 4.74 Å². The SMILES string of the molecule is CCC(C)OCCNC=O. The Kier molecular flexibility index (Phi) is 6.18. The lowest BCUT2D eigenvalue weighted by Crippen LogP contribution is -2.20. The van der Waals surface area contributed by atoms with E-state index in [1.54, 1.807) is 0 Å². The molecule has 0 heterocycles. The van der Waals surface area contributed by atoms with E-state index >= 15 is 0 Å². The molecule has 0 bridgehead atoms. The third-order valence-electron chi connectivity index (χ3n) is 1.31. The highest BCUT2D eigenvalue weighted by atomic mass is 16.5. The highest BCUT2D eigenvalue weighted by Crippen LogP contribution is 1.93. The van der Waals surface area contributed by atoms with Gasteiger partial charge in [-0.25, -0.2) is 0 Å². The molecule has 0 aromatic carbocycles. The predicted molar refractivity (Wildman–Crippen MR) is 39.8 cm³/mol. The molecule has 1 N–H and O–H groups in total. The number of hydrogen-bond acceptors (Lipinski definition) is 2. The topological polar surface area (TPSA) is 38.3 Å². The van der Waals surface area contributed by atoms with Gasteiger partial charge in [-0.05, 0) is 13.3 Å². The fourth-order valence-electron chi connectivity index (χ4n) is 0.496. The standard InChI is InChI=1S/C7H15NO2/c1-3-7(2)10-5-4-8-6-9/h6-7H,3-5H2,1-2H3,(H,8,9). The minimum absolute atomic E-state index is 0.299. The molecule has 1 atom stereocenters. The second-order valence-corrected chi connectivity index (χ2v) is 2.16. The lowest BCUT2D eigenvalue weighted by atomic mass is 10.3. The Balaban J connectivity index is 2.95. The van der Waals surface area contributed by atoms with Crippen LogP contribution in [0.15, 0.2) is 0 Å². The zero-order chi connectivity index (χ0) is 7.82. The first-order valence-electron chi connectivity index (χ1n) is 3.60. The van der Waals surface area contributed by atoms with Gasteiger partial charge in [-0.15, -0.1) is 0 Å². The maximum atomic E-state index is 9.75. The van der Waals surface area contributed by atoms with Crippen molar-refractivity contribution in [1.82, 2.24) is 5.32 Å². The summed E-state index contributed by atoms with van der Waals surface area (Å²) < 4.78 is 5.27. The van der Waals surface area contributed by atoms with Gasteiger partial charge in [0.1, 0.15) is 0 Å². The molecular formula is C7H15NO2. The van der Waals surface area contributed by atoms with E-state index in [1.807, 2.05) is 6.92 Å². The van der Waals surface area contributed by atoms with Gasteiger partial charge in [-0.3, -0.25) is 4.79 Å². The fraction of sp³-hybridized carbons (Fsp3) is 0.857. The molecule has 0 aliphatic carbocycles. The number of carbonyl (C=O) groups is 1. The first-order valence-corrected chi connectivity index (χ1v) is 3.60. The van der Waals surface area contributed by atoms with Crippen molar-refractivity contribution < 1.29 is 9.53 Å². The monoisotopic (exact) mass is 145 g/mol. The molecule has 0 saturated carbocycles. The number of amides is 1. The van der Waals surface area contributed by atoms with Crippen molar-refractivity contribution in [3.8, 4) is 0 Å². The molecule has 3 heteroatoms. The van der Waals surface area contributed by atoms with Crippen molar-refractivity contribution in [3.05, 3.63) is 0 Å². The van der Waals surface area contributed by atoms with E-state index in [0.717, 1.165) is 6.42 Å². The summed E-state index contributed by atoms with van der Waals surface area (Å²) in [5.74, 6) is 0. The van der Waals surface area contributed by atoms with Crippen LogP contribution in [0.1, 0.15) is 20.3 Å². The fourth-order valence-corrected chi connectivity index (χ4v) is 0.496. The van der Waals surface area contributed by atoms with Crippen LogP contribution in [0.4, 0.5) is 0 Å². The van der Waals surface area contributed by atoms with Crippen LogP contribution in [0, 0.1) is 0 Å². The van der Waals surface area contributed by atoms with Crippen LogP contribution in [0.5, 0.6) is 0 Å². The summed E-state index contributed by atoms with van der Waals surface area (Å²) in [6, 6.07) is 0. The van der Waals surface area contributed by atoms with Crippen LogP contribution in [-0.2, 0) is 9.53 Å². The molecule has 0 aliphatic rings. The van der Waals surface area contributed by atoms with Gasteiger partial charge in [0.25, 0.3) is 0 Å². The van der Waals surface area contributed by atoms with E-state index in [2.05, 4.69) is 12.2 Å². The van der Waals surface area contributed by atoms with Crippen LogP contribution < -0.4 is 5.32 Å². The zero-order valence-corrected chi connectivity index (χ0v) is 6.59. The average molecular weight is 145 g/mol. The highest BCUT2D eigenvalue weighted by molar-refractivity contribution is 5.45. The lowest BCUT2D eigenvalue weighted by molar-refractivity contribution is -0.109. The number of nitrogens with one attached hydrogen (secondary N) is 1. The van der Waals surface area contributed by atoms with E-state index in [9.17, 15) is 4.79 Å². The van der Waals surface area contributed by atoms with Crippen LogP contribution >= 0.6 is 0 Å². The van der Waals surface area contributed by atoms with E-state index in [-0.39, 0.29) is 0 Å². The van der Waals surface area contributed by atoms with Crippen molar-refractivity contribution in [2.45, 2.75) is 26.4 Å². The minimum atomic E-state index is 0.299. The third-order valence-corrected chi connectivity index (χ3v) is 1.31. The number of rotatable bonds is 6. The Morgan fingerprint density at radius 2 is 2.40 bits per heavy atom. The third kappa shape index (κ3) is 5.56. The van der Waals surface area contributed by atoms with Gasteiger partial charge >= 0.3 is 0 Å². The first kappa shape index (κ1) is 9.43. The highest BCUT2D eigenvalue weighted by Gasteiger charge is 1.95. The van der Waals surface area contributed by atoms with Gasteiger partial charge in [0, 0.05) is 6.54 Å². The zero-order valence-electron chi connectivity index (χ0n) is 6.59. The first-order chi connectivity index (χ1) is 4.81. The summed E-state index contributed by atoms with van der Waals surface area (Å²) in [6.45, 7) is 5.29. The van der Waals surface area contributed by atoms with E-state index < -0.39 is 0 Å². The van der Waals surface area contributed by atoms with Crippen molar-refractivity contribution in [1.29, 1.82) is 0 Å². The summed E-state index contributed by atoms with van der Waals surface area (Å²) in [4.78, 5) is 9.75. The maximum Gasteiger partial charge on any atom is 0.207 e. The molecule has 0 aromatic heterocycles. The molecule has 10 heavy (non-hydrogen) atoms. The second kappa shape index (κ2) is 6.55. The molecule has 0 saturated heterocycles. The Labute approximate surface area is 61.8 Å². The summed E-state index contributed by atoms with van der Waals surface area (Å²) in [5.41, 5.74) is 0. The van der Waals surface area contributed by atoms with Gasteiger partial charge in [0.2, 0.25) is 6.41 Å². The summed E-state index contributed by atoms with van der Waals surface area (Å²) >= 11 is 0. The molecule has 1 unspecified atom stereocenters. The van der Waals surface area contributed by atoms with Gasteiger partial charge in [-0.1, -0.05) is 6.92 Å². The van der Waals surface area contributed by atoms with Crippen LogP contribution in [0.2, 0.25) is 0 Å². The smallest absolute Gasteiger partial charge is 0.207 e. The predicted octanol–water partition coefficient (Wildman–Crippen LogP) is 0.547. The average Bonchev–Trinajstić information content (AvgIpc) is 1.98. The Bertz CT molecular complexity index is 85.7.